The summed E-state index contributed by atoms with van der Waals surface area (Å²) in [5.41, 5.74) is 2.20. The van der Waals surface area contributed by atoms with Gasteiger partial charge in [-0.3, -0.25) is 4.79 Å². The third kappa shape index (κ3) is 4.51. The largest absolute Gasteiger partial charge is 0.339 e. The molecule has 0 aliphatic carbocycles. The zero-order valence-electron chi connectivity index (χ0n) is 13.8. The summed E-state index contributed by atoms with van der Waals surface area (Å²) in [7, 11) is 0. The Morgan fingerprint density at radius 1 is 1.15 bits per heavy atom. The second-order valence-electron chi connectivity index (χ2n) is 5.60. The van der Waals surface area contributed by atoms with Crippen LogP contribution in [0, 0.1) is 17.1 Å². The third-order valence-electron chi connectivity index (χ3n) is 3.66. The van der Waals surface area contributed by atoms with Crippen LogP contribution < -0.4 is 5.32 Å². The van der Waals surface area contributed by atoms with E-state index in [4.69, 9.17) is 9.78 Å². The molecular formula is C19H15FN4O2. The van der Waals surface area contributed by atoms with Crippen LogP contribution in [0.4, 0.5) is 10.1 Å². The van der Waals surface area contributed by atoms with Crippen LogP contribution in [0.5, 0.6) is 0 Å². The minimum absolute atomic E-state index is 0.181. The van der Waals surface area contributed by atoms with Gasteiger partial charge in [-0.2, -0.15) is 10.2 Å². The number of aromatic nitrogens is 2. The zero-order valence-corrected chi connectivity index (χ0v) is 13.8. The molecule has 0 bridgehead atoms. The first-order valence-corrected chi connectivity index (χ1v) is 7.98. The Morgan fingerprint density at radius 3 is 2.58 bits per heavy atom. The molecule has 0 saturated heterocycles. The second kappa shape index (κ2) is 8.03. The smallest absolute Gasteiger partial charge is 0.227 e. The van der Waals surface area contributed by atoms with Gasteiger partial charge < -0.3 is 9.84 Å². The van der Waals surface area contributed by atoms with Crippen LogP contribution in [0.1, 0.15) is 17.9 Å². The van der Waals surface area contributed by atoms with Crippen LogP contribution in [-0.2, 0) is 17.6 Å². The van der Waals surface area contributed by atoms with Gasteiger partial charge in [0.05, 0.1) is 12.5 Å². The number of aryl methyl sites for hydroxylation is 1. The summed E-state index contributed by atoms with van der Waals surface area (Å²) in [5.74, 6) is 0.173. The molecule has 0 aliphatic rings. The Morgan fingerprint density at radius 2 is 1.88 bits per heavy atom. The first kappa shape index (κ1) is 17.3. The Balaban J connectivity index is 1.53. The number of carbonyl (C=O) groups is 1. The maximum atomic E-state index is 12.9. The summed E-state index contributed by atoms with van der Waals surface area (Å²) >= 11 is 0. The molecule has 6 nitrogen and oxygen atoms in total. The number of amides is 1. The van der Waals surface area contributed by atoms with Crippen molar-refractivity contribution in [2.75, 3.05) is 5.32 Å². The Labute approximate surface area is 149 Å². The Hall–Kier alpha value is -3.53. The molecule has 0 fully saturated rings. The van der Waals surface area contributed by atoms with E-state index in [-0.39, 0.29) is 18.1 Å². The van der Waals surface area contributed by atoms with Crippen molar-refractivity contribution >= 4 is 11.6 Å². The highest BCUT2D eigenvalue weighted by Gasteiger charge is 2.11. The minimum Gasteiger partial charge on any atom is -0.339 e. The second-order valence-corrected chi connectivity index (χ2v) is 5.60. The topological polar surface area (TPSA) is 91.8 Å². The fourth-order valence-electron chi connectivity index (χ4n) is 2.31. The van der Waals surface area contributed by atoms with Crippen LogP contribution in [0.2, 0.25) is 0 Å². The van der Waals surface area contributed by atoms with Gasteiger partial charge in [-0.15, -0.1) is 0 Å². The van der Waals surface area contributed by atoms with E-state index in [0.29, 0.717) is 35.8 Å². The third-order valence-corrected chi connectivity index (χ3v) is 3.66. The van der Waals surface area contributed by atoms with Crippen LogP contribution in [0.15, 0.2) is 53.1 Å². The van der Waals surface area contributed by atoms with E-state index in [0.717, 1.165) is 5.56 Å². The first-order chi connectivity index (χ1) is 12.6. The summed E-state index contributed by atoms with van der Waals surface area (Å²) in [6.45, 7) is 0. The molecule has 1 aromatic heterocycles. The molecule has 3 aromatic rings. The van der Waals surface area contributed by atoms with E-state index < -0.39 is 0 Å². The van der Waals surface area contributed by atoms with Crippen LogP contribution >= 0.6 is 0 Å². The first-order valence-electron chi connectivity index (χ1n) is 7.98. The predicted octanol–water partition coefficient (Wildman–Crippen LogP) is 3.51. The quantitative estimate of drug-likeness (QED) is 0.734. The lowest BCUT2D eigenvalue weighted by Crippen LogP contribution is -2.12. The summed E-state index contributed by atoms with van der Waals surface area (Å²) in [5, 5.41) is 15.3. The SMILES string of the molecule is N#CCc1ccc(NC(=O)CCc2nc(-c3ccc(F)cc3)no2)cc1. The highest BCUT2D eigenvalue weighted by Crippen LogP contribution is 2.17. The molecule has 0 unspecified atom stereocenters. The monoisotopic (exact) mass is 350 g/mol. The van der Waals surface area contributed by atoms with E-state index in [1.54, 1.807) is 36.4 Å². The molecule has 0 spiro atoms. The number of carbonyl (C=O) groups excluding carboxylic acids is 1. The van der Waals surface area contributed by atoms with Gasteiger partial charge in [0.1, 0.15) is 5.82 Å². The molecule has 0 saturated carbocycles. The lowest BCUT2D eigenvalue weighted by molar-refractivity contribution is -0.116. The number of nitrogens with zero attached hydrogens (tertiary/aromatic N) is 3. The lowest BCUT2D eigenvalue weighted by Gasteiger charge is -2.04. The number of benzene rings is 2. The Bertz CT molecular complexity index is 927. The summed E-state index contributed by atoms with van der Waals surface area (Å²) in [4.78, 5) is 16.2. The fourth-order valence-corrected chi connectivity index (χ4v) is 2.31. The van der Waals surface area contributed by atoms with Gasteiger partial charge in [0.25, 0.3) is 0 Å². The lowest BCUT2D eigenvalue weighted by atomic mass is 10.1. The van der Waals surface area contributed by atoms with Crippen molar-refractivity contribution in [3.63, 3.8) is 0 Å². The number of nitrogens with one attached hydrogen (secondary N) is 1. The van der Waals surface area contributed by atoms with E-state index in [1.807, 2.05) is 0 Å². The molecule has 0 radical (unpaired) electrons. The van der Waals surface area contributed by atoms with Crippen molar-refractivity contribution in [2.24, 2.45) is 0 Å². The average Bonchev–Trinajstić information content (AvgIpc) is 3.11. The van der Waals surface area contributed by atoms with E-state index >= 15 is 0 Å². The maximum Gasteiger partial charge on any atom is 0.227 e. The van der Waals surface area contributed by atoms with Gasteiger partial charge in [0.2, 0.25) is 17.6 Å². The number of hydrogen-bond donors (Lipinski definition) is 1. The molecule has 1 N–H and O–H groups in total. The van der Waals surface area contributed by atoms with Crippen molar-refractivity contribution in [3.8, 4) is 17.5 Å². The number of halogens is 1. The molecule has 0 aliphatic heterocycles. The standard InChI is InChI=1S/C19H15FN4O2/c20-15-5-3-14(4-6-15)19-23-18(26-24-19)10-9-17(25)22-16-7-1-13(2-8-16)11-12-21/h1-8H,9-11H2,(H,22,25). The van der Waals surface area contributed by atoms with E-state index in [1.165, 1.54) is 12.1 Å². The molecule has 7 heteroatoms. The van der Waals surface area contributed by atoms with Gasteiger partial charge >= 0.3 is 0 Å². The molecular weight excluding hydrogens is 335 g/mol. The van der Waals surface area contributed by atoms with Crippen LogP contribution in [-0.4, -0.2) is 16.0 Å². The summed E-state index contributed by atoms with van der Waals surface area (Å²) in [6.07, 6.45) is 0.819. The molecule has 3 rings (SSSR count). The predicted molar refractivity (Wildman–Crippen MR) is 92.4 cm³/mol. The fraction of sp³-hybridized carbons (Fsp3) is 0.158. The summed E-state index contributed by atoms with van der Waals surface area (Å²) < 4.78 is 18.1. The van der Waals surface area contributed by atoms with Gasteiger partial charge in [-0.1, -0.05) is 17.3 Å². The number of anilines is 1. The number of nitriles is 1. The Kier molecular flexibility index (Phi) is 5.34. The molecule has 0 atom stereocenters. The highest BCUT2D eigenvalue weighted by molar-refractivity contribution is 5.90. The van der Waals surface area contributed by atoms with E-state index in [2.05, 4.69) is 21.5 Å². The van der Waals surface area contributed by atoms with Crippen molar-refractivity contribution in [1.29, 1.82) is 5.26 Å². The van der Waals surface area contributed by atoms with Gasteiger partial charge in [0.15, 0.2) is 0 Å². The van der Waals surface area contributed by atoms with Crippen LogP contribution in [0.3, 0.4) is 0 Å². The zero-order chi connectivity index (χ0) is 18.4. The van der Waals surface area contributed by atoms with Crippen molar-refractivity contribution in [2.45, 2.75) is 19.3 Å². The highest BCUT2D eigenvalue weighted by atomic mass is 19.1. The van der Waals surface area contributed by atoms with Crippen molar-refractivity contribution in [1.82, 2.24) is 10.1 Å². The van der Waals surface area contributed by atoms with Gasteiger partial charge in [-0.25, -0.2) is 4.39 Å². The van der Waals surface area contributed by atoms with Crippen molar-refractivity contribution in [3.05, 3.63) is 65.8 Å². The average molecular weight is 350 g/mol. The molecule has 26 heavy (non-hydrogen) atoms. The summed E-state index contributed by atoms with van der Waals surface area (Å²) in [6, 6.07) is 14.9. The van der Waals surface area contributed by atoms with E-state index in [9.17, 15) is 9.18 Å². The van der Waals surface area contributed by atoms with Gasteiger partial charge in [0, 0.05) is 24.1 Å². The molecule has 1 heterocycles. The molecule has 130 valence electrons. The van der Waals surface area contributed by atoms with Crippen molar-refractivity contribution < 1.29 is 13.7 Å². The number of rotatable bonds is 6. The molecule has 1 amide bonds. The number of hydrogen-bond acceptors (Lipinski definition) is 5. The maximum absolute atomic E-state index is 12.9. The van der Waals surface area contributed by atoms with Gasteiger partial charge in [-0.05, 0) is 42.0 Å². The normalized spacial score (nSPS) is 10.3. The molecule has 2 aromatic carbocycles. The van der Waals surface area contributed by atoms with Crippen LogP contribution in [0.25, 0.3) is 11.4 Å². The minimum atomic E-state index is -0.338.